The molecule has 1 aromatic heterocycles. The molecule has 7 heteroatoms. The average molecular weight is 270 g/mol. The van der Waals surface area contributed by atoms with Crippen molar-refractivity contribution in [2.75, 3.05) is 5.43 Å². The second-order valence-corrected chi connectivity index (χ2v) is 3.28. The predicted octanol–water partition coefficient (Wildman–Crippen LogP) is 0.485. The molecule has 0 saturated carbocycles. The van der Waals surface area contributed by atoms with Gasteiger partial charge in [-0.25, -0.2) is 5.43 Å². The van der Waals surface area contributed by atoms with Gasteiger partial charge in [0.1, 0.15) is 0 Å². The largest absolute Gasteiger partial charge is 0.320 e. The maximum atomic E-state index is 11.0. The van der Waals surface area contributed by atoms with Gasteiger partial charge in [-0.2, -0.15) is 9.89 Å². The van der Waals surface area contributed by atoms with Crippen LogP contribution in [0.4, 0.5) is 0 Å². The number of rotatable bonds is 2. The summed E-state index contributed by atoms with van der Waals surface area (Å²) in [5.41, 5.74) is 7.80. The third-order valence-electron chi connectivity index (χ3n) is 1.19. The van der Waals surface area contributed by atoms with E-state index in [1.165, 1.54) is 4.79 Å². The highest BCUT2D eigenvalue weighted by atomic mass is 79.9. The molecule has 1 amide bonds. The number of halogens is 2. The summed E-state index contributed by atoms with van der Waals surface area (Å²) in [5, 5.41) is 3.82. The highest BCUT2D eigenvalue weighted by molar-refractivity contribution is 9.10. The van der Waals surface area contributed by atoms with Crippen LogP contribution in [0.25, 0.3) is 0 Å². The van der Waals surface area contributed by atoms with Crippen LogP contribution in [-0.2, 0) is 4.79 Å². The SMILES string of the molecule is CC(N)C(=O)Nn1cc(Br)cn1.Cl. The van der Waals surface area contributed by atoms with Crippen molar-refractivity contribution >= 4 is 34.2 Å². The maximum Gasteiger partial charge on any atom is 0.256 e. The first-order valence-electron chi connectivity index (χ1n) is 3.36. The lowest BCUT2D eigenvalue weighted by atomic mass is 10.4. The van der Waals surface area contributed by atoms with Crippen LogP contribution < -0.4 is 11.2 Å². The Morgan fingerprint density at radius 2 is 2.46 bits per heavy atom. The number of nitrogens with two attached hydrogens (primary N) is 1. The number of nitrogens with one attached hydrogen (secondary N) is 1. The van der Waals surface area contributed by atoms with Gasteiger partial charge in [0, 0.05) is 0 Å². The number of hydrogen-bond donors (Lipinski definition) is 2. The topological polar surface area (TPSA) is 72.9 Å². The Hall–Kier alpha value is -0.590. The van der Waals surface area contributed by atoms with Crippen molar-refractivity contribution in [3.63, 3.8) is 0 Å². The Balaban J connectivity index is 0.00000144. The van der Waals surface area contributed by atoms with Gasteiger partial charge in [-0.1, -0.05) is 0 Å². The minimum Gasteiger partial charge on any atom is -0.320 e. The molecular weight excluding hydrogens is 259 g/mol. The molecule has 5 nitrogen and oxygen atoms in total. The number of carbonyl (C=O) groups is 1. The summed E-state index contributed by atoms with van der Waals surface area (Å²) in [5.74, 6) is -0.273. The summed E-state index contributed by atoms with van der Waals surface area (Å²) >= 11 is 3.19. The van der Waals surface area contributed by atoms with Gasteiger partial charge in [0.15, 0.2) is 0 Å². The molecule has 0 radical (unpaired) electrons. The molecule has 1 heterocycles. The maximum absolute atomic E-state index is 11.0. The van der Waals surface area contributed by atoms with E-state index in [-0.39, 0.29) is 18.3 Å². The van der Waals surface area contributed by atoms with Gasteiger partial charge >= 0.3 is 0 Å². The van der Waals surface area contributed by atoms with E-state index in [1.54, 1.807) is 19.3 Å². The molecule has 0 aliphatic heterocycles. The Bertz CT molecular complexity index is 288. The number of nitrogens with zero attached hydrogens (tertiary/aromatic N) is 2. The van der Waals surface area contributed by atoms with E-state index in [0.717, 1.165) is 4.47 Å². The van der Waals surface area contributed by atoms with E-state index >= 15 is 0 Å². The summed E-state index contributed by atoms with van der Waals surface area (Å²) in [7, 11) is 0. The molecule has 0 aromatic carbocycles. The van der Waals surface area contributed by atoms with Crippen molar-refractivity contribution < 1.29 is 4.79 Å². The fourth-order valence-electron chi connectivity index (χ4n) is 0.577. The molecule has 0 bridgehead atoms. The minimum absolute atomic E-state index is 0. The van der Waals surface area contributed by atoms with Crippen LogP contribution in [0, 0.1) is 0 Å². The zero-order chi connectivity index (χ0) is 9.14. The van der Waals surface area contributed by atoms with Crippen LogP contribution in [0.2, 0.25) is 0 Å². The lowest BCUT2D eigenvalue weighted by molar-refractivity contribution is -0.118. The van der Waals surface area contributed by atoms with E-state index in [9.17, 15) is 4.79 Å². The minimum atomic E-state index is -0.534. The highest BCUT2D eigenvalue weighted by Crippen LogP contribution is 2.04. The molecule has 1 unspecified atom stereocenters. The molecule has 0 aliphatic rings. The smallest absolute Gasteiger partial charge is 0.256 e. The molecule has 74 valence electrons. The van der Waals surface area contributed by atoms with Crippen molar-refractivity contribution in [2.45, 2.75) is 13.0 Å². The second-order valence-electron chi connectivity index (χ2n) is 2.37. The van der Waals surface area contributed by atoms with Crippen molar-refractivity contribution in [2.24, 2.45) is 5.73 Å². The average Bonchev–Trinajstić information content (AvgIpc) is 2.35. The third kappa shape index (κ3) is 3.75. The van der Waals surface area contributed by atoms with Crippen molar-refractivity contribution in [3.8, 4) is 0 Å². The molecule has 0 spiro atoms. The number of hydrogen-bond acceptors (Lipinski definition) is 3. The Morgan fingerprint density at radius 3 is 2.85 bits per heavy atom. The van der Waals surface area contributed by atoms with E-state index in [4.69, 9.17) is 5.73 Å². The molecular formula is C6H10BrClN4O. The summed E-state index contributed by atoms with van der Waals surface area (Å²) in [6.07, 6.45) is 3.20. The van der Waals surface area contributed by atoms with Crippen molar-refractivity contribution in [1.29, 1.82) is 0 Å². The Morgan fingerprint density at radius 1 is 1.85 bits per heavy atom. The fraction of sp³-hybridized carbons (Fsp3) is 0.333. The number of amides is 1. The van der Waals surface area contributed by atoms with Crippen molar-refractivity contribution in [3.05, 3.63) is 16.9 Å². The highest BCUT2D eigenvalue weighted by Gasteiger charge is 2.06. The van der Waals surface area contributed by atoms with Crippen LogP contribution in [0.5, 0.6) is 0 Å². The standard InChI is InChI=1S/C6H9BrN4O.ClH/c1-4(8)6(12)10-11-3-5(7)2-9-11;/h2-4H,8H2,1H3,(H,10,12);1H. The van der Waals surface area contributed by atoms with E-state index in [1.807, 2.05) is 0 Å². The fourth-order valence-corrected chi connectivity index (χ4v) is 0.862. The first-order chi connectivity index (χ1) is 5.59. The molecule has 1 rings (SSSR count). The van der Waals surface area contributed by atoms with Crippen LogP contribution >= 0.6 is 28.3 Å². The quantitative estimate of drug-likeness (QED) is 0.820. The van der Waals surface area contributed by atoms with Gasteiger partial charge in [0.05, 0.1) is 22.9 Å². The molecule has 0 saturated heterocycles. The molecule has 1 aromatic rings. The predicted molar refractivity (Wildman–Crippen MR) is 55.2 cm³/mol. The number of carbonyl (C=O) groups excluding carboxylic acids is 1. The van der Waals surface area contributed by atoms with Crippen LogP contribution in [0.1, 0.15) is 6.92 Å². The molecule has 0 aliphatic carbocycles. The van der Waals surface area contributed by atoms with Gasteiger partial charge in [-0.3, -0.25) is 4.79 Å². The lowest BCUT2D eigenvalue weighted by Gasteiger charge is -2.05. The van der Waals surface area contributed by atoms with Crippen molar-refractivity contribution in [1.82, 2.24) is 9.89 Å². The Kier molecular flexibility index (Phi) is 4.97. The molecule has 13 heavy (non-hydrogen) atoms. The summed E-state index contributed by atoms with van der Waals surface area (Å²) < 4.78 is 0.799. The number of aromatic nitrogens is 2. The summed E-state index contributed by atoms with van der Waals surface area (Å²) in [4.78, 5) is 12.3. The van der Waals surface area contributed by atoms with Gasteiger partial charge in [0.2, 0.25) is 0 Å². The summed E-state index contributed by atoms with van der Waals surface area (Å²) in [6, 6.07) is -0.534. The van der Waals surface area contributed by atoms with Gasteiger partial charge in [-0.05, 0) is 22.9 Å². The van der Waals surface area contributed by atoms with Gasteiger partial charge in [-0.15, -0.1) is 12.4 Å². The first-order valence-corrected chi connectivity index (χ1v) is 4.15. The first kappa shape index (κ1) is 12.4. The Labute approximate surface area is 90.2 Å². The second kappa shape index (κ2) is 5.21. The third-order valence-corrected chi connectivity index (χ3v) is 1.60. The zero-order valence-corrected chi connectivity index (χ0v) is 9.30. The molecule has 1 atom stereocenters. The normalized spacial score (nSPS) is 11.6. The zero-order valence-electron chi connectivity index (χ0n) is 6.90. The molecule has 0 fully saturated rings. The van der Waals surface area contributed by atoms with Gasteiger partial charge < -0.3 is 5.73 Å². The summed E-state index contributed by atoms with van der Waals surface area (Å²) in [6.45, 7) is 1.61. The van der Waals surface area contributed by atoms with Crippen LogP contribution in [0.3, 0.4) is 0 Å². The van der Waals surface area contributed by atoms with E-state index in [0.29, 0.717) is 0 Å². The van der Waals surface area contributed by atoms with E-state index in [2.05, 4.69) is 26.5 Å². The van der Waals surface area contributed by atoms with E-state index < -0.39 is 6.04 Å². The lowest BCUT2D eigenvalue weighted by Crippen LogP contribution is -2.37. The van der Waals surface area contributed by atoms with Crippen LogP contribution in [0.15, 0.2) is 16.9 Å². The monoisotopic (exact) mass is 268 g/mol. The van der Waals surface area contributed by atoms with Crippen LogP contribution in [-0.4, -0.2) is 21.8 Å². The van der Waals surface area contributed by atoms with Gasteiger partial charge in [0.25, 0.3) is 5.91 Å². The molecule has 3 N–H and O–H groups in total.